The van der Waals surface area contributed by atoms with Gasteiger partial charge in [0.25, 0.3) is 0 Å². The zero-order chi connectivity index (χ0) is 14.5. The molecule has 0 aromatic heterocycles. The van der Waals surface area contributed by atoms with Crippen molar-refractivity contribution in [3.05, 3.63) is 29.8 Å². The Kier molecular flexibility index (Phi) is 5.31. The second-order valence-corrected chi connectivity index (χ2v) is 4.07. The third-order valence-corrected chi connectivity index (χ3v) is 2.20. The number of amides is 1. The summed E-state index contributed by atoms with van der Waals surface area (Å²) in [7, 11) is 0. The van der Waals surface area contributed by atoms with Crippen LogP contribution >= 0.6 is 0 Å². The molecule has 0 aliphatic heterocycles. The molecule has 0 aliphatic rings. The van der Waals surface area contributed by atoms with Crippen LogP contribution in [0.4, 0.5) is 18.9 Å². The van der Waals surface area contributed by atoms with Crippen molar-refractivity contribution in [2.75, 3.05) is 18.5 Å². The molecule has 0 bridgehead atoms. The molecular formula is C12H15F3N2O2. The van der Waals surface area contributed by atoms with Crippen molar-refractivity contribution in [2.45, 2.75) is 19.1 Å². The van der Waals surface area contributed by atoms with Gasteiger partial charge >= 0.3 is 6.18 Å². The minimum Gasteiger partial charge on any atom is -0.362 e. The summed E-state index contributed by atoms with van der Waals surface area (Å²) in [5.74, 6) is -0.647. The standard InChI is InChI=1S/C12H15F3N2O2/c1-8(16)9-3-2-4-10(5-9)17-11(18)6-19-7-12(13,14)15/h2-5,8H,6-7,16H2,1H3,(H,17,18). The topological polar surface area (TPSA) is 64.3 Å². The van der Waals surface area contributed by atoms with Crippen molar-refractivity contribution >= 4 is 11.6 Å². The Labute approximate surface area is 108 Å². The van der Waals surface area contributed by atoms with E-state index >= 15 is 0 Å². The molecule has 0 fully saturated rings. The van der Waals surface area contributed by atoms with Crippen molar-refractivity contribution in [1.29, 1.82) is 0 Å². The number of ether oxygens (including phenoxy) is 1. The van der Waals surface area contributed by atoms with Crippen molar-refractivity contribution in [3.63, 3.8) is 0 Å². The monoisotopic (exact) mass is 276 g/mol. The fraction of sp³-hybridized carbons (Fsp3) is 0.417. The molecule has 1 amide bonds. The van der Waals surface area contributed by atoms with Gasteiger partial charge in [-0.15, -0.1) is 0 Å². The largest absolute Gasteiger partial charge is 0.411 e. The maximum Gasteiger partial charge on any atom is 0.411 e. The van der Waals surface area contributed by atoms with Gasteiger partial charge in [0, 0.05) is 11.7 Å². The van der Waals surface area contributed by atoms with Gasteiger partial charge in [-0.3, -0.25) is 4.79 Å². The fourth-order valence-corrected chi connectivity index (χ4v) is 1.36. The van der Waals surface area contributed by atoms with Gasteiger partial charge in [-0.05, 0) is 24.6 Å². The third-order valence-electron chi connectivity index (χ3n) is 2.20. The number of hydrogen-bond acceptors (Lipinski definition) is 3. The Hall–Kier alpha value is -1.60. The molecule has 3 N–H and O–H groups in total. The molecule has 0 aliphatic carbocycles. The van der Waals surface area contributed by atoms with E-state index in [4.69, 9.17) is 5.73 Å². The van der Waals surface area contributed by atoms with Crippen LogP contribution in [0, 0.1) is 0 Å². The van der Waals surface area contributed by atoms with Crippen molar-refractivity contribution in [3.8, 4) is 0 Å². The average molecular weight is 276 g/mol. The molecule has 1 aromatic rings. The van der Waals surface area contributed by atoms with Gasteiger partial charge in [-0.1, -0.05) is 12.1 Å². The van der Waals surface area contributed by atoms with Crippen molar-refractivity contribution < 1.29 is 22.7 Å². The van der Waals surface area contributed by atoms with E-state index in [1.165, 1.54) is 0 Å². The van der Waals surface area contributed by atoms with Crippen molar-refractivity contribution in [1.82, 2.24) is 0 Å². The number of carbonyl (C=O) groups excluding carboxylic acids is 1. The van der Waals surface area contributed by atoms with Crippen LogP contribution in [0.25, 0.3) is 0 Å². The van der Waals surface area contributed by atoms with E-state index in [0.717, 1.165) is 5.56 Å². The molecule has 0 radical (unpaired) electrons. The number of carbonyl (C=O) groups is 1. The maximum atomic E-state index is 11.8. The number of rotatable bonds is 5. The van der Waals surface area contributed by atoms with E-state index in [9.17, 15) is 18.0 Å². The van der Waals surface area contributed by atoms with Crippen LogP contribution in [0.2, 0.25) is 0 Å². The molecular weight excluding hydrogens is 261 g/mol. The average Bonchev–Trinajstić information content (AvgIpc) is 2.27. The zero-order valence-corrected chi connectivity index (χ0v) is 10.3. The summed E-state index contributed by atoms with van der Waals surface area (Å²) < 4.78 is 39.7. The first-order valence-electron chi connectivity index (χ1n) is 5.58. The highest BCUT2D eigenvalue weighted by Crippen LogP contribution is 2.16. The Bertz CT molecular complexity index is 433. The SMILES string of the molecule is CC(N)c1cccc(NC(=O)COCC(F)(F)F)c1. The van der Waals surface area contributed by atoms with Crippen LogP contribution in [0.3, 0.4) is 0 Å². The minimum absolute atomic E-state index is 0.196. The van der Waals surface area contributed by atoms with Crippen LogP contribution in [0.1, 0.15) is 18.5 Å². The molecule has 0 saturated heterocycles. The number of alkyl halides is 3. The first-order chi connectivity index (χ1) is 8.78. The number of benzene rings is 1. The van der Waals surface area contributed by atoms with Gasteiger partial charge in [-0.2, -0.15) is 13.2 Å². The maximum absolute atomic E-state index is 11.8. The van der Waals surface area contributed by atoms with Gasteiger partial charge < -0.3 is 15.8 Å². The normalized spacial score (nSPS) is 13.1. The van der Waals surface area contributed by atoms with E-state index in [0.29, 0.717) is 5.69 Å². The fourth-order valence-electron chi connectivity index (χ4n) is 1.36. The highest BCUT2D eigenvalue weighted by atomic mass is 19.4. The number of nitrogens with two attached hydrogens (primary N) is 1. The Morgan fingerprint density at radius 3 is 2.74 bits per heavy atom. The molecule has 1 unspecified atom stereocenters. The van der Waals surface area contributed by atoms with Gasteiger partial charge in [-0.25, -0.2) is 0 Å². The third kappa shape index (κ3) is 6.21. The van der Waals surface area contributed by atoms with Crippen LogP contribution in [0.5, 0.6) is 0 Å². The Balaban J connectivity index is 2.46. The molecule has 1 atom stereocenters. The quantitative estimate of drug-likeness (QED) is 0.866. The van der Waals surface area contributed by atoms with E-state index in [2.05, 4.69) is 10.1 Å². The predicted octanol–water partition coefficient (Wildman–Crippen LogP) is 2.22. The second-order valence-electron chi connectivity index (χ2n) is 4.07. The molecule has 0 saturated carbocycles. The molecule has 4 nitrogen and oxygen atoms in total. The van der Waals surface area contributed by atoms with Gasteiger partial charge in [0.2, 0.25) is 5.91 Å². The predicted molar refractivity (Wildman–Crippen MR) is 64.5 cm³/mol. The highest BCUT2D eigenvalue weighted by molar-refractivity contribution is 5.91. The lowest BCUT2D eigenvalue weighted by molar-refractivity contribution is -0.174. The second kappa shape index (κ2) is 6.53. The van der Waals surface area contributed by atoms with Crippen LogP contribution in [-0.4, -0.2) is 25.3 Å². The van der Waals surface area contributed by atoms with Gasteiger partial charge in [0.15, 0.2) is 0 Å². The summed E-state index contributed by atoms with van der Waals surface area (Å²) in [5, 5.41) is 2.44. The van der Waals surface area contributed by atoms with E-state index in [1.54, 1.807) is 31.2 Å². The first kappa shape index (κ1) is 15.5. The lowest BCUT2D eigenvalue weighted by Gasteiger charge is -2.10. The number of nitrogens with one attached hydrogen (secondary N) is 1. The van der Waals surface area contributed by atoms with Crippen LogP contribution in [-0.2, 0) is 9.53 Å². The number of hydrogen-bond donors (Lipinski definition) is 2. The first-order valence-corrected chi connectivity index (χ1v) is 5.58. The minimum atomic E-state index is -4.44. The van der Waals surface area contributed by atoms with E-state index in [1.807, 2.05) is 0 Å². The molecule has 7 heteroatoms. The van der Waals surface area contributed by atoms with Crippen molar-refractivity contribution in [2.24, 2.45) is 5.73 Å². The molecule has 1 rings (SSSR count). The van der Waals surface area contributed by atoms with E-state index < -0.39 is 25.3 Å². The number of anilines is 1. The Morgan fingerprint density at radius 2 is 2.16 bits per heavy atom. The summed E-state index contributed by atoms with van der Waals surface area (Å²) >= 11 is 0. The highest BCUT2D eigenvalue weighted by Gasteiger charge is 2.27. The van der Waals surface area contributed by atoms with E-state index in [-0.39, 0.29) is 6.04 Å². The van der Waals surface area contributed by atoms with Gasteiger partial charge in [0.1, 0.15) is 13.2 Å². The Morgan fingerprint density at radius 1 is 1.47 bits per heavy atom. The summed E-state index contributed by atoms with van der Waals surface area (Å²) in [4.78, 5) is 11.3. The lowest BCUT2D eigenvalue weighted by atomic mass is 10.1. The summed E-state index contributed by atoms with van der Waals surface area (Å²) in [6.07, 6.45) is -4.44. The van der Waals surface area contributed by atoms with Gasteiger partial charge in [0.05, 0.1) is 0 Å². The number of halogens is 3. The summed E-state index contributed by atoms with van der Waals surface area (Å²) in [5.41, 5.74) is 6.96. The zero-order valence-electron chi connectivity index (χ0n) is 10.3. The van der Waals surface area contributed by atoms with Crippen LogP contribution < -0.4 is 11.1 Å². The molecule has 106 valence electrons. The molecule has 19 heavy (non-hydrogen) atoms. The smallest absolute Gasteiger partial charge is 0.362 e. The van der Waals surface area contributed by atoms with Crippen LogP contribution in [0.15, 0.2) is 24.3 Å². The lowest BCUT2D eigenvalue weighted by Crippen LogP contribution is -2.24. The summed E-state index contributed by atoms with van der Waals surface area (Å²) in [6.45, 7) is -0.310. The molecule has 1 aromatic carbocycles. The summed E-state index contributed by atoms with van der Waals surface area (Å²) in [6, 6.07) is 6.57. The molecule has 0 spiro atoms. The molecule has 0 heterocycles.